The van der Waals surface area contributed by atoms with Gasteiger partial charge in [0.1, 0.15) is 0 Å². The van der Waals surface area contributed by atoms with Gasteiger partial charge in [-0.05, 0) is 24.1 Å². The van der Waals surface area contributed by atoms with E-state index < -0.39 is 33.1 Å². The van der Waals surface area contributed by atoms with Crippen LogP contribution >= 0.6 is 24.1 Å². The van der Waals surface area contributed by atoms with Crippen molar-refractivity contribution in [3.8, 4) is 0 Å². The van der Waals surface area contributed by atoms with Gasteiger partial charge in [0, 0.05) is 11.5 Å². The molecule has 0 aliphatic heterocycles. The molecule has 0 saturated carbocycles. The van der Waals surface area contributed by atoms with Gasteiger partial charge in [0.25, 0.3) is 10.1 Å². The summed E-state index contributed by atoms with van der Waals surface area (Å²) in [7, 11) is -5.28. The SMILES string of the molecule is CCSOC(OSCC)(C(=O)O)C(C(=O)O)S(=O)(=O)O. The molecule has 0 saturated heterocycles. The van der Waals surface area contributed by atoms with Crippen LogP contribution in [0.25, 0.3) is 0 Å². The minimum atomic E-state index is -5.28. The van der Waals surface area contributed by atoms with Gasteiger partial charge in [-0.25, -0.2) is 4.79 Å². The predicted molar refractivity (Wildman–Crippen MR) is 71.8 cm³/mol. The van der Waals surface area contributed by atoms with Crippen molar-refractivity contribution in [1.29, 1.82) is 0 Å². The maximum Gasteiger partial charge on any atom is 0.368 e. The first-order chi connectivity index (χ1) is 9.13. The third kappa shape index (κ3) is 4.79. The van der Waals surface area contributed by atoms with Crippen molar-refractivity contribution in [2.45, 2.75) is 24.9 Å². The highest BCUT2D eigenvalue weighted by Gasteiger charge is 2.60. The van der Waals surface area contributed by atoms with E-state index in [1.807, 2.05) is 0 Å². The average Bonchev–Trinajstić information content (AvgIpc) is 2.29. The van der Waals surface area contributed by atoms with Gasteiger partial charge < -0.3 is 10.2 Å². The van der Waals surface area contributed by atoms with Gasteiger partial charge in [0.2, 0.25) is 5.25 Å². The fourth-order valence-corrected chi connectivity index (χ4v) is 3.06. The molecule has 0 aromatic heterocycles. The van der Waals surface area contributed by atoms with E-state index in [9.17, 15) is 18.0 Å². The van der Waals surface area contributed by atoms with Crippen LogP contribution in [0.3, 0.4) is 0 Å². The summed E-state index contributed by atoms with van der Waals surface area (Å²) in [5.41, 5.74) is 0. The largest absolute Gasteiger partial charge is 0.480 e. The molecule has 0 aromatic carbocycles. The fourth-order valence-electron chi connectivity index (χ4n) is 1.06. The van der Waals surface area contributed by atoms with Crippen LogP contribution in [0.1, 0.15) is 13.8 Å². The third-order valence-electron chi connectivity index (χ3n) is 1.77. The number of carboxylic acids is 2. The number of hydrogen-bond acceptors (Lipinski definition) is 8. The minimum Gasteiger partial charge on any atom is -0.480 e. The number of hydrogen-bond donors (Lipinski definition) is 3. The van der Waals surface area contributed by atoms with Gasteiger partial charge in [-0.15, -0.1) is 0 Å². The smallest absolute Gasteiger partial charge is 0.368 e. The Morgan fingerprint density at radius 1 is 1.15 bits per heavy atom. The molecule has 0 radical (unpaired) electrons. The lowest BCUT2D eigenvalue weighted by Gasteiger charge is -2.30. The average molecular weight is 350 g/mol. The van der Waals surface area contributed by atoms with Crippen LogP contribution in [-0.2, 0) is 28.1 Å². The molecule has 0 bridgehead atoms. The van der Waals surface area contributed by atoms with Crippen molar-refractivity contribution in [3.05, 3.63) is 0 Å². The molecular formula is C8H14O9S3. The summed E-state index contributed by atoms with van der Waals surface area (Å²) in [5, 5.41) is 15.2. The topological polar surface area (TPSA) is 147 Å². The van der Waals surface area contributed by atoms with Crippen LogP contribution in [0.15, 0.2) is 0 Å². The summed E-state index contributed by atoms with van der Waals surface area (Å²) in [6.07, 6.45) is 0. The van der Waals surface area contributed by atoms with E-state index in [1.54, 1.807) is 13.8 Å². The van der Waals surface area contributed by atoms with Crippen molar-refractivity contribution in [1.82, 2.24) is 0 Å². The summed E-state index contributed by atoms with van der Waals surface area (Å²) in [5.74, 6) is -6.76. The van der Waals surface area contributed by atoms with Gasteiger partial charge in [-0.1, -0.05) is 13.8 Å². The number of rotatable bonds is 10. The Labute approximate surface area is 124 Å². The van der Waals surface area contributed by atoms with Gasteiger partial charge in [-0.3, -0.25) is 17.7 Å². The second-order valence-electron chi connectivity index (χ2n) is 3.19. The first kappa shape index (κ1) is 19.5. The minimum absolute atomic E-state index is 0.201. The zero-order valence-corrected chi connectivity index (χ0v) is 13.0. The second kappa shape index (κ2) is 8.05. The Morgan fingerprint density at radius 3 is 1.75 bits per heavy atom. The van der Waals surface area contributed by atoms with Gasteiger partial charge >= 0.3 is 17.7 Å². The highest BCUT2D eigenvalue weighted by atomic mass is 32.2. The molecule has 0 spiro atoms. The van der Waals surface area contributed by atoms with E-state index in [2.05, 4.69) is 0 Å². The molecule has 0 fully saturated rings. The van der Waals surface area contributed by atoms with E-state index in [4.69, 9.17) is 23.1 Å². The first-order valence-corrected chi connectivity index (χ1v) is 8.49. The maximum atomic E-state index is 11.3. The van der Waals surface area contributed by atoms with Crippen LogP contribution in [0.5, 0.6) is 0 Å². The van der Waals surface area contributed by atoms with Crippen molar-refractivity contribution >= 4 is 46.1 Å². The Bertz CT molecular complexity index is 438. The number of carboxylic acid groups (broad SMARTS) is 2. The molecule has 1 unspecified atom stereocenters. The highest BCUT2D eigenvalue weighted by Crippen LogP contribution is 2.33. The zero-order valence-electron chi connectivity index (χ0n) is 10.5. The van der Waals surface area contributed by atoms with Crippen LogP contribution in [0.2, 0.25) is 0 Å². The molecule has 0 aliphatic carbocycles. The Morgan fingerprint density at radius 2 is 1.55 bits per heavy atom. The molecule has 20 heavy (non-hydrogen) atoms. The van der Waals surface area contributed by atoms with Crippen LogP contribution in [-0.4, -0.2) is 57.7 Å². The molecule has 9 nitrogen and oxygen atoms in total. The lowest BCUT2D eigenvalue weighted by atomic mass is 10.2. The summed E-state index contributed by atoms with van der Waals surface area (Å²) >= 11 is 0.995. The molecule has 0 aliphatic rings. The molecule has 1 atom stereocenters. The van der Waals surface area contributed by atoms with Crippen molar-refractivity contribution in [2.24, 2.45) is 0 Å². The third-order valence-corrected chi connectivity index (χ3v) is 4.08. The van der Waals surface area contributed by atoms with E-state index in [0.717, 1.165) is 0 Å². The predicted octanol–water partition coefficient (Wildman–Crippen LogP) is 0.478. The molecule has 0 heterocycles. The molecular weight excluding hydrogens is 336 g/mol. The van der Waals surface area contributed by atoms with Gasteiger partial charge in [0.05, 0.1) is 0 Å². The normalized spacial score (nSPS) is 13.9. The van der Waals surface area contributed by atoms with E-state index in [-0.39, 0.29) is 11.5 Å². The van der Waals surface area contributed by atoms with Crippen molar-refractivity contribution in [3.63, 3.8) is 0 Å². The van der Waals surface area contributed by atoms with E-state index >= 15 is 0 Å². The zero-order chi connectivity index (χ0) is 16.0. The van der Waals surface area contributed by atoms with Crippen molar-refractivity contribution < 1.29 is 41.1 Å². The first-order valence-electron chi connectivity index (χ1n) is 5.17. The maximum absolute atomic E-state index is 11.3. The second-order valence-corrected chi connectivity index (χ2v) is 6.65. The summed E-state index contributed by atoms with van der Waals surface area (Å²) in [6, 6.07) is 0. The van der Waals surface area contributed by atoms with Crippen LogP contribution in [0, 0.1) is 0 Å². The Hall–Kier alpha value is -0.530. The lowest BCUT2D eigenvalue weighted by molar-refractivity contribution is -0.185. The molecule has 12 heteroatoms. The standard InChI is InChI=1S/C8H14O9S3/c1-3-18-16-8(7(11)12,17-19-4-2)5(6(9)10)20(13,14)15/h5H,3-4H2,1-2H3,(H,9,10)(H,11,12)(H,13,14,15). The number of aliphatic carboxylic acids is 2. The van der Waals surface area contributed by atoms with E-state index in [1.165, 1.54) is 0 Å². The summed E-state index contributed by atoms with van der Waals surface area (Å²) in [6.45, 7) is 3.13. The van der Waals surface area contributed by atoms with Gasteiger partial charge in [0.15, 0.2) is 0 Å². The monoisotopic (exact) mass is 350 g/mol. The molecule has 0 aromatic rings. The summed E-state index contributed by atoms with van der Waals surface area (Å²) in [4.78, 5) is 22.4. The Balaban J connectivity index is 5.87. The molecule has 3 N–H and O–H groups in total. The molecule has 118 valence electrons. The number of carbonyl (C=O) groups is 2. The van der Waals surface area contributed by atoms with Gasteiger partial charge in [-0.2, -0.15) is 8.42 Å². The lowest BCUT2D eigenvalue weighted by Crippen LogP contribution is -2.58. The van der Waals surface area contributed by atoms with E-state index in [0.29, 0.717) is 24.1 Å². The molecule has 0 rings (SSSR count). The fraction of sp³-hybridized carbons (Fsp3) is 0.750. The quantitative estimate of drug-likeness (QED) is 0.287. The summed E-state index contributed by atoms with van der Waals surface area (Å²) < 4.78 is 40.8. The molecule has 0 amide bonds. The van der Waals surface area contributed by atoms with Crippen molar-refractivity contribution in [2.75, 3.05) is 11.5 Å². The van der Waals surface area contributed by atoms with Crippen LogP contribution < -0.4 is 0 Å². The Kier molecular flexibility index (Phi) is 7.83. The highest BCUT2D eigenvalue weighted by molar-refractivity contribution is 7.95. The van der Waals surface area contributed by atoms with Crippen LogP contribution in [0.4, 0.5) is 0 Å².